The van der Waals surface area contributed by atoms with Crippen molar-refractivity contribution < 1.29 is 19.4 Å². The van der Waals surface area contributed by atoms with Crippen molar-refractivity contribution >= 4 is 45.5 Å². The maximum atomic E-state index is 12.3. The van der Waals surface area contributed by atoms with Crippen molar-refractivity contribution in [2.24, 2.45) is 7.05 Å². The van der Waals surface area contributed by atoms with Crippen molar-refractivity contribution in [3.63, 3.8) is 0 Å². The molecule has 23 heavy (non-hydrogen) atoms. The minimum atomic E-state index is -0.957. The lowest BCUT2D eigenvalue weighted by Crippen LogP contribution is -2.41. The molecule has 1 unspecified atom stereocenters. The van der Waals surface area contributed by atoms with E-state index < -0.39 is 34.8 Å². The summed E-state index contributed by atoms with van der Waals surface area (Å²) >= 11 is 2.00. The van der Waals surface area contributed by atoms with Gasteiger partial charge in [-0.05, 0) is 35.6 Å². The fraction of sp³-hybridized carbons (Fsp3) is 0.286. The van der Waals surface area contributed by atoms with E-state index >= 15 is 0 Å². The van der Waals surface area contributed by atoms with Crippen molar-refractivity contribution in [3.8, 4) is 5.75 Å². The van der Waals surface area contributed by atoms with Gasteiger partial charge in [-0.1, -0.05) is 0 Å². The maximum absolute atomic E-state index is 12.3. The average molecular weight is 431 g/mol. The van der Waals surface area contributed by atoms with Gasteiger partial charge in [-0.15, -0.1) is 0 Å². The second-order valence-electron chi connectivity index (χ2n) is 4.83. The molecule has 0 fully saturated rings. The highest BCUT2D eigenvalue weighted by atomic mass is 127. The van der Waals surface area contributed by atoms with Crippen LogP contribution in [-0.2, 0) is 16.6 Å². The number of hydrogen-bond donors (Lipinski definition) is 2. The number of rotatable bonds is 3. The lowest BCUT2D eigenvalue weighted by atomic mass is 10.1. The molecule has 8 nitrogen and oxygen atoms in total. The molecule has 0 aliphatic carbocycles. The maximum Gasteiger partial charge on any atom is 0.328 e. The standard InChI is InChI=1S/C14H14IN3O5/c1-6(14(22)23-3)17-12(20)9-10(19)8-4-7(15)5-16-11(8)18(2)13(9)21/h4-6,19H,1-3H3,(H,17,20). The second-order valence-corrected chi connectivity index (χ2v) is 6.08. The molecule has 122 valence electrons. The fourth-order valence-electron chi connectivity index (χ4n) is 2.08. The molecule has 9 heteroatoms. The Kier molecular flexibility index (Phi) is 4.88. The molecular formula is C14H14IN3O5. The minimum Gasteiger partial charge on any atom is -0.506 e. The van der Waals surface area contributed by atoms with E-state index in [0.29, 0.717) is 0 Å². The summed E-state index contributed by atoms with van der Waals surface area (Å²) < 4.78 is 6.41. The molecular weight excluding hydrogens is 417 g/mol. The molecule has 0 radical (unpaired) electrons. The van der Waals surface area contributed by atoms with Gasteiger partial charge < -0.3 is 15.2 Å². The van der Waals surface area contributed by atoms with Crippen LogP contribution >= 0.6 is 22.6 Å². The fourth-order valence-corrected chi connectivity index (χ4v) is 2.53. The summed E-state index contributed by atoms with van der Waals surface area (Å²) in [5.41, 5.74) is -0.900. The van der Waals surface area contributed by atoms with Crippen molar-refractivity contribution in [2.45, 2.75) is 13.0 Å². The van der Waals surface area contributed by atoms with Gasteiger partial charge in [0.05, 0.1) is 12.5 Å². The number of esters is 1. The highest BCUT2D eigenvalue weighted by Crippen LogP contribution is 2.26. The number of hydrogen-bond acceptors (Lipinski definition) is 6. The number of fused-ring (bicyclic) bond motifs is 1. The molecule has 0 saturated heterocycles. The molecule has 0 aliphatic rings. The molecule has 2 heterocycles. The Morgan fingerprint density at radius 1 is 1.48 bits per heavy atom. The van der Waals surface area contributed by atoms with Crippen LogP contribution in [0.4, 0.5) is 0 Å². The Labute approximate surface area is 144 Å². The molecule has 2 aromatic rings. The van der Waals surface area contributed by atoms with Gasteiger partial charge in [0.15, 0.2) is 0 Å². The van der Waals surface area contributed by atoms with Crippen LogP contribution in [0.15, 0.2) is 17.1 Å². The number of aryl methyl sites for hydroxylation is 1. The van der Waals surface area contributed by atoms with Crippen LogP contribution in [0.5, 0.6) is 5.75 Å². The first-order valence-corrected chi connectivity index (χ1v) is 7.61. The first kappa shape index (κ1) is 17.2. The second kappa shape index (κ2) is 6.52. The number of carbonyl (C=O) groups excluding carboxylic acids is 2. The van der Waals surface area contributed by atoms with Crippen molar-refractivity contribution in [2.75, 3.05) is 7.11 Å². The van der Waals surface area contributed by atoms with E-state index in [1.54, 1.807) is 12.3 Å². The molecule has 1 amide bonds. The van der Waals surface area contributed by atoms with Crippen LogP contribution in [0.3, 0.4) is 0 Å². The number of ether oxygens (including phenoxy) is 1. The van der Waals surface area contributed by atoms with Gasteiger partial charge in [0.2, 0.25) is 0 Å². The number of nitrogens with one attached hydrogen (secondary N) is 1. The Bertz CT molecular complexity index is 862. The van der Waals surface area contributed by atoms with Crippen LogP contribution in [0.25, 0.3) is 11.0 Å². The smallest absolute Gasteiger partial charge is 0.328 e. The van der Waals surface area contributed by atoms with Gasteiger partial charge in [-0.2, -0.15) is 0 Å². The molecule has 1 atom stereocenters. The number of methoxy groups -OCH3 is 1. The summed E-state index contributed by atoms with van der Waals surface area (Å²) in [5.74, 6) is -1.99. The van der Waals surface area contributed by atoms with Gasteiger partial charge in [0.1, 0.15) is 23.0 Å². The van der Waals surface area contributed by atoms with E-state index in [1.807, 2.05) is 22.6 Å². The molecule has 2 rings (SSSR count). The van der Waals surface area contributed by atoms with Crippen LogP contribution in [-0.4, -0.2) is 39.7 Å². The third-order valence-electron chi connectivity index (χ3n) is 3.29. The lowest BCUT2D eigenvalue weighted by Gasteiger charge is -2.14. The molecule has 0 saturated carbocycles. The van der Waals surface area contributed by atoms with Crippen molar-refractivity contribution in [3.05, 3.63) is 31.8 Å². The molecule has 2 aromatic heterocycles. The minimum absolute atomic E-state index is 0.255. The summed E-state index contributed by atoms with van der Waals surface area (Å²) in [6.07, 6.45) is 1.54. The topological polar surface area (TPSA) is 111 Å². The molecule has 0 aliphatic heterocycles. The van der Waals surface area contributed by atoms with E-state index in [9.17, 15) is 19.5 Å². The summed E-state index contributed by atoms with van der Waals surface area (Å²) in [6.45, 7) is 1.41. The van der Waals surface area contributed by atoms with Crippen molar-refractivity contribution in [1.82, 2.24) is 14.9 Å². The number of pyridine rings is 2. The van der Waals surface area contributed by atoms with Crippen LogP contribution < -0.4 is 10.9 Å². The Balaban J connectivity index is 2.59. The highest BCUT2D eigenvalue weighted by Gasteiger charge is 2.25. The normalized spacial score (nSPS) is 12.0. The van der Waals surface area contributed by atoms with E-state index in [0.717, 1.165) is 3.57 Å². The SMILES string of the molecule is COC(=O)C(C)NC(=O)c1c(O)c2cc(I)cnc2n(C)c1=O. The van der Waals surface area contributed by atoms with Crippen LogP contribution in [0.1, 0.15) is 17.3 Å². The van der Waals surface area contributed by atoms with E-state index in [-0.39, 0.29) is 11.0 Å². The number of nitrogens with zero attached hydrogens (tertiary/aromatic N) is 2. The third-order valence-corrected chi connectivity index (χ3v) is 3.88. The Hall–Kier alpha value is -2.17. The van der Waals surface area contributed by atoms with Crippen molar-refractivity contribution in [1.29, 1.82) is 0 Å². The number of aromatic nitrogens is 2. The van der Waals surface area contributed by atoms with Gasteiger partial charge >= 0.3 is 5.97 Å². The number of amides is 1. The Morgan fingerprint density at radius 3 is 2.74 bits per heavy atom. The molecule has 0 spiro atoms. The largest absolute Gasteiger partial charge is 0.506 e. The van der Waals surface area contributed by atoms with E-state index in [1.165, 1.54) is 25.6 Å². The average Bonchev–Trinajstić information content (AvgIpc) is 2.51. The zero-order chi connectivity index (χ0) is 17.3. The summed E-state index contributed by atoms with van der Waals surface area (Å²) in [7, 11) is 2.63. The predicted molar refractivity (Wildman–Crippen MR) is 90.3 cm³/mol. The summed E-state index contributed by atoms with van der Waals surface area (Å²) in [4.78, 5) is 40.1. The zero-order valence-electron chi connectivity index (χ0n) is 12.6. The predicted octanol–water partition coefficient (Wildman–Crippen LogP) is 0.535. The summed E-state index contributed by atoms with van der Waals surface area (Å²) in [5, 5.41) is 12.9. The van der Waals surface area contributed by atoms with E-state index in [4.69, 9.17) is 0 Å². The Morgan fingerprint density at radius 2 is 2.13 bits per heavy atom. The monoisotopic (exact) mass is 431 g/mol. The molecule has 0 bridgehead atoms. The van der Waals surface area contributed by atoms with E-state index in [2.05, 4.69) is 15.0 Å². The number of aromatic hydroxyl groups is 1. The first-order chi connectivity index (χ1) is 10.8. The molecule has 0 aromatic carbocycles. The van der Waals surface area contributed by atoms with Gasteiger partial charge in [0.25, 0.3) is 11.5 Å². The van der Waals surface area contributed by atoms with Crippen LogP contribution in [0.2, 0.25) is 0 Å². The third kappa shape index (κ3) is 3.14. The van der Waals surface area contributed by atoms with Crippen LogP contribution in [0, 0.1) is 3.57 Å². The summed E-state index contributed by atoms with van der Waals surface area (Å²) in [6, 6.07) is 0.652. The van der Waals surface area contributed by atoms with Gasteiger partial charge in [-0.25, -0.2) is 9.78 Å². The zero-order valence-corrected chi connectivity index (χ0v) is 14.7. The number of carbonyl (C=O) groups is 2. The molecule has 2 N–H and O–H groups in total. The first-order valence-electron chi connectivity index (χ1n) is 6.53. The number of halogens is 1. The van der Waals surface area contributed by atoms with Gasteiger partial charge in [0, 0.05) is 16.8 Å². The van der Waals surface area contributed by atoms with Gasteiger partial charge in [-0.3, -0.25) is 14.2 Å². The highest BCUT2D eigenvalue weighted by molar-refractivity contribution is 14.1. The lowest BCUT2D eigenvalue weighted by molar-refractivity contribution is -0.142. The quantitative estimate of drug-likeness (QED) is 0.542.